The number of benzene rings is 1. The van der Waals surface area contributed by atoms with Crippen LogP contribution in [0.1, 0.15) is 43.7 Å². The molecule has 2 aliphatic rings. The minimum absolute atomic E-state index is 0.0194. The summed E-state index contributed by atoms with van der Waals surface area (Å²) < 4.78 is 5.47. The fraction of sp³-hybridized carbons (Fsp3) is 0.600. The van der Waals surface area contributed by atoms with E-state index in [-0.39, 0.29) is 18.6 Å². The lowest BCUT2D eigenvalue weighted by Gasteiger charge is -2.37. The molecule has 1 aromatic rings. The number of rotatable bonds is 6. The maximum atomic E-state index is 12.8. The van der Waals surface area contributed by atoms with Crippen LogP contribution in [0, 0.1) is 12.3 Å². The number of aliphatic hydroxyl groups is 1. The van der Waals surface area contributed by atoms with E-state index in [1.54, 1.807) is 6.92 Å². The monoisotopic (exact) mass is 360 g/mol. The third kappa shape index (κ3) is 4.43. The predicted molar refractivity (Wildman–Crippen MR) is 99.0 cm³/mol. The molecular formula is C20H28N2O4. The van der Waals surface area contributed by atoms with E-state index in [4.69, 9.17) is 9.57 Å². The predicted octanol–water partition coefficient (Wildman–Crippen LogP) is 2.17. The van der Waals surface area contributed by atoms with Gasteiger partial charge in [0.25, 0.3) is 0 Å². The lowest BCUT2D eigenvalue weighted by molar-refractivity contribution is -0.140. The van der Waals surface area contributed by atoms with Crippen molar-refractivity contribution in [1.29, 1.82) is 0 Å². The van der Waals surface area contributed by atoms with E-state index >= 15 is 0 Å². The van der Waals surface area contributed by atoms with Crippen molar-refractivity contribution in [2.24, 2.45) is 10.6 Å². The Bertz CT molecular complexity index is 648. The van der Waals surface area contributed by atoms with Gasteiger partial charge in [0.1, 0.15) is 6.10 Å². The van der Waals surface area contributed by atoms with Crippen LogP contribution in [0.4, 0.5) is 0 Å². The number of aliphatic hydroxyl groups excluding tert-OH is 1. The second-order valence-corrected chi connectivity index (χ2v) is 7.49. The number of hydrogen-bond acceptors (Lipinski definition) is 5. The molecule has 3 rings (SSSR count). The van der Waals surface area contributed by atoms with Crippen molar-refractivity contribution in [3.8, 4) is 0 Å². The molecule has 6 heteroatoms. The first-order valence-corrected chi connectivity index (χ1v) is 9.32. The molecule has 2 heterocycles. The number of amides is 1. The second kappa shape index (κ2) is 8.18. The van der Waals surface area contributed by atoms with E-state index in [1.165, 1.54) is 5.56 Å². The topological polar surface area (TPSA) is 80.2 Å². The number of nitrogens with one attached hydrogen (secondary N) is 1. The summed E-state index contributed by atoms with van der Waals surface area (Å²) >= 11 is 0. The van der Waals surface area contributed by atoms with Crippen LogP contribution in [-0.4, -0.2) is 48.7 Å². The van der Waals surface area contributed by atoms with Crippen LogP contribution in [0.3, 0.4) is 0 Å². The van der Waals surface area contributed by atoms with Crippen molar-refractivity contribution in [3.05, 3.63) is 35.4 Å². The van der Waals surface area contributed by atoms with Crippen molar-refractivity contribution in [2.75, 3.05) is 19.8 Å². The zero-order valence-corrected chi connectivity index (χ0v) is 15.5. The summed E-state index contributed by atoms with van der Waals surface area (Å²) in [6, 6.07) is 8.24. The van der Waals surface area contributed by atoms with Gasteiger partial charge in [-0.1, -0.05) is 35.0 Å². The summed E-state index contributed by atoms with van der Waals surface area (Å²) in [5.74, 6) is -0.0194. The van der Waals surface area contributed by atoms with Crippen molar-refractivity contribution in [2.45, 2.75) is 51.7 Å². The number of aryl methyl sites for hydroxylation is 1. The van der Waals surface area contributed by atoms with E-state index in [0.29, 0.717) is 38.9 Å². The maximum absolute atomic E-state index is 12.8. The molecule has 2 aliphatic heterocycles. The van der Waals surface area contributed by atoms with E-state index in [0.717, 1.165) is 11.3 Å². The third-order valence-corrected chi connectivity index (χ3v) is 5.23. The molecule has 1 aromatic carbocycles. The van der Waals surface area contributed by atoms with E-state index in [2.05, 4.69) is 41.7 Å². The van der Waals surface area contributed by atoms with Gasteiger partial charge in [-0.05, 0) is 32.3 Å². The van der Waals surface area contributed by atoms with Gasteiger partial charge in [-0.3, -0.25) is 4.79 Å². The Morgan fingerprint density at radius 3 is 2.69 bits per heavy atom. The van der Waals surface area contributed by atoms with Crippen molar-refractivity contribution >= 4 is 11.6 Å². The van der Waals surface area contributed by atoms with Crippen molar-refractivity contribution in [3.63, 3.8) is 0 Å². The maximum Gasteiger partial charge on any atom is 0.226 e. The smallest absolute Gasteiger partial charge is 0.226 e. The average Bonchev–Trinajstić information content (AvgIpc) is 3.09. The van der Waals surface area contributed by atoms with Crippen LogP contribution in [0.5, 0.6) is 0 Å². The quantitative estimate of drug-likeness (QED) is 0.815. The van der Waals surface area contributed by atoms with Gasteiger partial charge in [0.15, 0.2) is 0 Å². The molecule has 0 aromatic heterocycles. The third-order valence-electron chi connectivity index (χ3n) is 5.23. The summed E-state index contributed by atoms with van der Waals surface area (Å²) in [5, 5.41) is 16.6. The molecule has 0 aliphatic carbocycles. The Kier molecular flexibility index (Phi) is 5.94. The Labute approximate surface area is 154 Å². The van der Waals surface area contributed by atoms with Gasteiger partial charge in [0, 0.05) is 32.6 Å². The molecular weight excluding hydrogens is 332 g/mol. The Morgan fingerprint density at radius 1 is 1.35 bits per heavy atom. The lowest BCUT2D eigenvalue weighted by Crippen LogP contribution is -2.48. The summed E-state index contributed by atoms with van der Waals surface area (Å²) in [6.45, 7) is 5.12. The van der Waals surface area contributed by atoms with Crippen molar-refractivity contribution < 1.29 is 19.5 Å². The van der Waals surface area contributed by atoms with Crippen LogP contribution in [-0.2, 0) is 14.4 Å². The molecule has 2 atom stereocenters. The zero-order valence-electron chi connectivity index (χ0n) is 15.5. The van der Waals surface area contributed by atoms with Gasteiger partial charge < -0.3 is 20.0 Å². The SMILES string of the molecule is Cc1ccc(C2=NO[C@H](CC3(C(=O)NC[C@H](C)O)CCOCC3)C2)cc1. The fourth-order valence-electron chi connectivity index (χ4n) is 3.60. The van der Waals surface area contributed by atoms with Gasteiger partial charge in [-0.15, -0.1) is 0 Å². The summed E-state index contributed by atoms with van der Waals surface area (Å²) in [6.07, 6.45) is 1.98. The summed E-state index contributed by atoms with van der Waals surface area (Å²) in [7, 11) is 0. The fourth-order valence-corrected chi connectivity index (χ4v) is 3.60. The van der Waals surface area contributed by atoms with Gasteiger partial charge in [0.2, 0.25) is 5.91 Å². The normalized spacial score (nSPS) is 23.0. The number of oxime groups is 1. The summed E-state index contributed by atoms with van der Waals surface area (Å²) in [4.78, 5) is 18.5. The van der Waals surface area contributed by atoms with Crippen LogP contribution >= 0.6 is 0 Å². The Morgan fingerprint density at radius 2 is 2.04 bits per heavy atom. The minimum Gasteiger partial charge on any atom is -0.392 e. The van der Waals surface area contributed by atoms with Crippen LogP contribution < -0.4 is 5.32 Å². The number of ether oxygens (including phenoxy) is 1. The number of carbonyl (C=O) groups excluding carboxylic acids is 1. The molecule has 0 bridgehead atoms. The Hall–Kier alpha value is -1.92. The number of hydrogen-bond donors (Lipinski definition) is 2. The van der Waals surface area contributed by atoms with E-state index in [9.17, 15) is 9.90 Å². The first-order chi connectivity index (χ1) is 12.5. The van der Waals surface area contributed by atoms with Crippen LogP contribution in [0.25, 0.3) is 0 Å². The number of carbonyl (C=O) groups is 1. The van der Waals surface area contributed by atoms with Gasteiger partial charge in [-0.2, -0.15) is 0 Å². The molecule has 26 heavy (non-hydrogen) atoms. The molecule has 1 saturated heterocycles. The van der Waals surface area contributed by atoms with E-state index < -0.39 is 11.5 Å². The van der Waals surface area contributed by atoms with Gasteiger partial charge >= 0.3 is 0 Å². The van der Waals surface area contributed by atoms with Crippen molar-refractivity contribution in [1.82, 2.24) is 5.32 Å². The molecule has 1 amide bonds. The zero-order chi connectivity index (χ0) is 18.6. The average molecular weight is 360 g/mol. The second-order valence-electron chi connectivity index (χ2n) is 7.49. The van der Waals surface area contributed by atoms with E-state index in [1.807, 2.05) is 0 Å². The highest BCUT2D eigenvalue weighted by Crippen LogP contribution is 2.38. The molecule has 0 radical (unpaired) electrons. The first-order valence-electron chi connectivity index (χ1n) is 9.32. The molecule has 6 nitrogen and oxygen atoms in total. The molecule has 0 spiro atoms. The van der Waals surface area contributed by atoms with Gasteiger partial charge in [0.05, 0.1) is 17.2 Å². The van der Waals surface area contributed by atoms with Gasteiger partial charge in [-0.25, -0.2) is 0 Å². The molecule has 1 fully saturated rings. The highest BCUT2D eigenvalue weighted by atomic mass is 16.6. The highest BCUT2D eigenvalue weighted by Gasteiger charge is 2.43. The first kappa shape index (κ1) is 18.9. The minimum atomic E-state index is -0.560. The Balaban J connectivity index is 1.65. The lowest BCUT2D eigenvalue weighted by atomic mass is 9.74. The molecule has 142 valence electrons. The van der Waals surface area contributed by atoms with Crippen LogP contribution in [0.2, 0.25) is 0 Å². The largest absolute Gasteiger partial charge is 0.392 e. The highest BCUT2D eigenvalue weighted by molar-refractivity contribution is 6.01. The molecule has 0 saturated carbocycles. The summed E-state index contributed by atoms with van der Waals surface area (Å²) in [5.41, 5.74) is 2.69. The molecule has 0 unspecified atom stereocenters. The van der Waals surface area contributed by atoms with Crippen LogP contribution in [0.15, 0.2) is 29.4 Å². The number of nitrogens with zero attached hydrogens (tertiary/aromatic N) is 1. The molecule has 2 N–H and O–H groups in total. The standard InChI is InChI=1S/C20H28N2O4/c1-14-3-5-16(6-4-14)18-11-17(26-22-18)12-20(7-9-25-10-8-20)19(24)21-13-15(2)23/h3-6,15,17,23H,7-13H2,1-2H3,(H,21,24)/t15-,17-/m0/s1.